The molecule has 0 bridgehead atoms. The molecule has 42 heavy (non-hydrogen) atoms. The average Bonchev–Trinajstić information content (AvgIpc) is 3.43. The van der Waals surface area contributed by atoms with Crippen LogP contribution in [0.1, 0.15) is 55.9 Å². The van der Waals surface area contributed by atoms with E-state index < -0.39 is 0 Å². The molecule has 0 aliphatic heterocycles. The summed E-state index contributed by atoms with van der Waals surface area (Å²) in [6.45, 7) is 12.7. The normalized spacial score (nSPS) is 11.7. The van der Waals surface area contributed by atoms with E-state index in [0.717, 1.165) is 67.6 Å². The molecule has 6 heteroatoms. The number of rotatable bonds is 6. The van der Waals surface area contributed by atoms with E-state index in [9.17, 15) is 0 Å². The molecule has 0 aliphatic rings. The summed E-state index contributed by atoms with van der Waals surface area (Å²) in [5, 5.41) is 0. The van der Waals surface area contributed by atoms with Gasteiger partial charge >= 0.3 is 33.3 Å². The molecule has 0 radical (unpaired) electrons. The van der Waals surface area contributed by atoms with Crippen LogP contribution in [-0.4, -0.2) is 11.4 Å². The Morgan fingerprint density at radius 1 is 0.524 bits per heavy atom. The molecule has 3 nitrogen and oxygen atoms in total. The van der Waals surface area contributed by atoms with Crippen LogP contribution >= 0.6 is 20.2 Å². The number of aromatic nitrogens is 1. The van der Waals surface area contributed by atoms with Crippen molar-refractivity contribution >= 4 is 43.0 Å². The maximum absolute atomic E-state index is 5.22. The minimum absolute atomic E-state index is 0.194. The zero-order chi connectivity index (χ0) is 30.2. The number of aryl methyl sites for hydroxylation is 6. The standard InChI is InChI=1S/C36H34N3.2ClH.Fe/c1-23-19-25(3)33(26(4)20-23)38-35(29-13-9-7-10-14-29)31-17-18-32(37-31)36(30-15-11-8-12-16-30)39-34-27(5)21-24(2)22-28(34)6;;;/h7-22H,1-6H3;2*1H;/q-1;;;+3/p-2. The number of benzene rings is 4. The third-order valence-electron chi connectivity index (χ3n) is 6.94. The van der Waals surface area contributed by atoms with Crippen molar-refractivity contribution in [1.29, 1.82) is 0 Å². The second kappa shape index (κ2) is 14.7. The van der Waals surface area contributed by atoms with Crippen LogP contribution < -0.4 is 4.98 Å². The summed E-state index contributed by atoms with van der Waals surface area (Å²) < 4.78 is 0. The zero-order valence-corrected chi connectivity index (χ0v) is 27.3. The minimum atomic E-state index is 0.194. The van der Waals surface area contributed by atoms with Gasteiger partial charge in [-0.2, -0.15) is 0 Å². The Balaban J connectivity index is 0.00000129. The second-order valence-corrected chi connectivity index (χ2v) is 12.2. The van der Waals surface area contributed by atoms with Crippen molar-refractivity contribution in [2.24, 2.45) is 9.98 Å². The SMILES string of the molecule is Cc1cc(C)c(N=C(c2ccccc2)c2ccc(C(=Nc3c(C)cc(C)cc3C)c3ccccc3)[n-]2)c(C)c1.[Cl][Fe+][Cl]. The average molecular weight is 635 g/mol. The van der Waals surface area contributed by atoms with Gasteiger partial charge < -0.3 is 4.98 Å². The van der Waals surface area contributed by atoms with Crippen LogP contribution in [0.25, 0.3) is 0 Å². The summed E-state index contributed by atoms with van der Waals surface area (Å²) >= 11 is 0.194. The summed E-state index contributed by atoms with van der Waals surface area (Å²) in [6, 6.07) is 33.5. The Hall–Kier alpha value is -3.40. The predicted octanol–water partition coefficient (Wildman–Crippen LogP) is 10.2. The van der Waals surface area contributed by atoms with Crippen LogP contribution in [0, 0.1) is 41.5 Å². The number of hydrogen-bond donors (Lipinski definition) is 0. The Labute approximate surface area is 264 Å². The van der Waals surface area contributed by atoms with Crippen LogP contribution in [0.4, 0.5) is 11.4 Å². The van der Waals surface area contributed by atoms with Crippen LogP contribution in [0.2, 0.25) is 0 Å². The third-order valence-corrected chi connectivity index (χ3v) is 6.94. The predicted molar refractivity (Wildman–Crippen MR) is 176 cm³/mol. The molecular formula is C36H34Cl2FeN3. The van der Waals surface area contributed by atoms with Crippen LogP contribution in [0.5, 0.6) is 0 Å². The van der Waals surface area contributed by atoms with Crippen LogP contribution in [-0.2, 0) is 13.1 Å². The molecule has 0 N–H and O–H groups in total. The van der Waals surface area contributed by atoms with E-state index in [2.05, 4.69) is 102 Å². The van der Waals surface area contributed by atoms with Crippen molar-refractivity contribution in [3.05, 3.63) is 153 Å². The Kier molecular flexibility index (Phi) is 11.0. The van der Waals surface area contributed by atoms with Gasteiger partial charge in [0.1, 0.15) is 0 Å². The first-order valence-electron chi connectivity index (χ1n) is 13.7. The van der Waals surface area contributed by atoms with Crippen LogP contribution in [0.3, 0.4) is 0 Å². The molecule has 5 aromatic rings. The molecule has 1 aromatic heterocycles. The second-order valence-electron chi connectivity index (χ2n) is 10.4. The fourth-order valence-electron chi connectivity index (χ4n) is 5.28. The molecular weight excluding hydrogens is 601 g/mol. The van der Waals surface area contributed by atoms with Gasteiger partial charge in [0.2, 0.25) is 0 Å². The van der Waals surface area contributed by atoms with E-state index in [4.69, 9.17) is 35.2 Å². The summed E-state index contributed by atoms with van der Waals surface area (Å²) in [5.74, 6) is 0. The molecule has 215 valence electrons. The molecule has 1 heterocycles. The van der Waals surface area contributed by atoms with Crippen molar-refractivity contribution in [3.63, 3.8) is 0 Å². The Morgan fingerprint density at radius 3 is 1.14 bits per heavy atom. The quantitative estimate of drug-likeness (QED) is 0.135. The number of halogens is 2. The van der Waals surface area contributed by atoms with Gasteiger partial charge in [-0.05, 0) is 74.9 Å². The van der Waals surface area contributed by atoms with Gasteiger partial charge in [0.05, 0.1) is 22.8 Å². The Bertz CT molecular complexity index is 1550. The molecule has 0 atom stereocenters. The summed E-state index contributed by atoms with van der Waals surface area (Å²) in [5.41, 5.74) is 14.5. The van der Waals surface area contributed by atoms with Gasteiger partial charge in [0, 0.05) is 0 Å². The van der Waals surface area contributed by atoms with Crippen molar-refractivity contribution in [1.82, 2.24) is 4.98 Å². The van der Waals surface area contributed by atoms with E-state index in [1.807, 2.05) is 36.4 Å². The first-order chi connectivity index (χ1) is 20.2. The number of hydrogen-bond acceptors (Lipinski definition) is 2. The van der Waals surface area contributed by atoms with E-state index in [0.29, 0.717) is 0 Å². The van der Waals surface area contributed by atoms with E-state index in [-0.39, 0.29) is 13.1 Å². The maximum atomic E-state index is 5.22. The summed E-state index contributed by atoms with van der Waals surface area (Å²) in [4.78, 5) is 15.6. The van der Waals surface area contributed by atoms with Crippen molar-refractivity contribution in [3.8, 4) is 0 Å². The van der Waals surface area contributed by atoms with Gasteiger partial charge in [-0.15, -0.1) is 11.4 Å². The molecule has 5 rings (SSSR count). The van der Waals surface area contributed by atoms with E-state index >= 15 is 0 Å². The molecule has 0 saturated heterocycles. The van der Waals surface area contributed by atoms with Gasteiger partial charge in [-0.1, -0.05) is 108 Å². The fraction of sp³-hybridized carbons (Fsp3) is 0.167. The third kappa shape index (κ3) is 7.70. The van der Waals surface area contributed by atoms with Gasteiger partial charge in [0.25, 0.3) is 0 Å². The van der Waals surface area contributed by atoms with Gasteiger partial charge in [-0.25, -0.2) is 9.98 Å². The molecule has 0 fully saturated rings. The molecule has 0 aliphatic carbocycles. The summed E-state index contributed by atoms with van der Waals surface area (Å²) in [6.07, 6.45) is 0. The molecule has 0 amide bonds. The molecule has 0 spiro atoms. The summed E-state index contributed by atoms with van der Waals surface area (Å²) in [7, 11) is 9.53. The first kappa shape index (κ1) is 31.5. The first-order valence-corrected chi connectivity index (χ1v) is 16.7. The number of nitrogens with zero attached hydrogens (tertiary/aromatic N) is 3. The Morgan fingerprint density at radius 2 is 0.833 bits per heavy atom. The van der Waals surface area contributed by atoms with E-state index in [1.54, 1.807) is 0 Å². The van der Waals surface area contributed by atoms with E-state index in [1.165, 1.54) is 11.1 Å². The molecule has 0 unspecified atom stereocenters. The van der Waals surface area contributed by atoms with Gasteiger partial charge in [-0.3, -0.25) is 0 Å². The molecule has 0 saturated carbocycles. The molecule has 4 aromatic carbocycles. The van der Waals surface area contributed by atoms with Crippen molar-refractivity contribution in [2.45, 2.75) is 41.5 Å². The monoisotopic (exact) mass is 634 g/mol. The zero-order valence-electron chi connectivity index (χ0n) is 24.7. The number of aliphatic imine (C=N–C) groups is 2. The van der Waals surface area contributed by atoms with Gasteiger partial charge in [0.15, 0.2) is 0 Å². The fourth-order valence-corrected chi connectivity index (χ4v) is 5.28. The van der Waals surface area contributed by atoms with Crippen molar-refractivity contribution < 1.29 is 13.1 Å². The van der Waals surface area contributed by atoms with Crippen LogP contribution in [0.15, 0.2) is 107 Å². The van der Waals surface area contributed by atoms with Crippen molar-refractivity contribution in [2.75, 3.05) is 0 Å². The topological polar surface area (TPSA) is 38.8 Å².